The Hall–Kier alpha value is 0.400. The topological polar surface area (TPSA) is 20.2 Å². The second-order valence-corrected chi connectivity index (χ2v) is 6.85. The quantitative estimate of drug-likeness (QED) is 0.699. The molecule has 3 unspecified atom stereocenters. The first-order valence-corrected chi connectivity index (χ1v) is 7.53. The fourth-order valence-corrected chi connectivity index (χ4v) is 5.21. The van der Waals surface area contributed by atoms with Gasteiger partial charge in [0.25, 0.3) is 0 Å². The molecule has 0 aromatic rings. The smallest absolute Gasteiger partial charge is 0.0614 e. The highest BCUT2D eigenvalue weighted by Gasteiger charge is 2.39. The van der Waals surface area contributed by atoms with E-state index in [9.17, 15) is 5.11 Å². The number of rotatable bonds is 1. The zero-order valence-electron chi connectivity index (χ0n) is 8.61. The summed E-state index contributed by atoms with van der Waals surface area (Å²) < 4.78 is 0. The van der Waals surface area contributed by atoms with Crippen LogP contribution < -0.4 is 0 Å². The van der Waals surface area contributed by atoms with Crippen molar-refractivity contribution in [3.63, 3.8) is 0 Å². The summed E-state index contributed by atoms with van der Waals surface area (Å²) in [5, 5.41) is 11.2. The lowest BCUT2D eigenvalue weighted by Gasteiger charge is -2.29. The third-order valence-electron chi connectivity index (χ3n) is 3.41. The normalized spacial score (nSPS) is 40.4. The minimum atomic E-state index is -0.123. The Morgan fingerprint density at radius 2 is 2.00 bits per heavy atom. The van der Waals surface area contributed by atoms with Gasteiger partial charge in [0.2, 0.25) is 0 Å². The van der Waals surface area contributed by atoms with E-state index in [0.717, 1.165) is 6.42 Å². The first kappa shape index (κ1) is 10.9. The van der Waals surface area contributed by atoms with Gasteiger partial charge < -0.3 is 5.11 Å². The van der Waals surface area contributed by atoms with Gasteiger partial charge in [-0.15, -0.1) is 0 Å². The molecule has 14 heavy (non-hydrogen) atoms. The lowest BCUT2D eigenvalue weighted by molar-refractivity contribution is 0.119. The van der Waals surface area contributed by atoms with E-state index in [0.29, 0.717) is 17.8 Å². The fraction of sp³-hybridized carbons (Fsp3) is 0.818. The molecule has 0 amide bonds. The molecule has 0 spiro atoms. The van der Waals surface area contributed by atoms with Crippen LogP contribution in [-0.4, -0.2) is 27.8 Å². The molecule has 1 saturated carbocycles. The molecule has 1 heterocycles. The van der Waals surface area contributed by atoms with Crippen molar-refractivity contribution in [2.75, 3.05) is 16.6 Å². The van der Waals surface area contributed by atoms with Crippen molar-refractivity contribution < 1.29 is 5.11 Å². The number of aliphatic hydroxyl groups is 1. The first-order valence-electron chi connectivity index (χ1n) is 5.22. The third-order valence-corrected chi connectivity index (χ3v) is 6.07. The molecule has 1 nitrogen and oxygen atoms in total. The molecule has 3 atom stereocenters. The molecule has 1 saturated heterocycles. The van der Waals surface area contributed by atoms with Gasteiger partial charge in [-0.1, -0.05) is 19.1 Å². The largest absolute Gasteiger partial charge is 0.392 e. The van der Waals surface area contributed by atoms with Crippen LogP contribution >= 0.6 is 23.5 Å². The molecule has 2 rings (SSSR count). The van der Waals surface area contributed by atoms with Gasteiger partial charge in [0.15, 0.2) is 0 Å². The monoisotopic (exact) mass is 230 g/mol. The van der Waals surface area contributed by atoms with E-state index in [-0.39, 0.29) is 6.10 Å². The van der Waals surface area contributed by atoms with E-state index in [2.05, 4.69) is 13.5 Å². The summed E-state index contributed by atoms with van der Waals surface area (Å²) in [5.74, 6) is 3.98. The summed E-state index contributed by atoms with van der Waals surface area (Å²) in [6.45, 7) is 6.35. The van der Waals surface area contributed by atoms with Crippen molar-refractivity contribution in [1.29, 1.82) is 0 Å². The molecule has 0 aromatic carbocycles. The van der Waals surface area contributed by atoms with Gasteiger partial charge in [0.05, 0.1) is 6.10 Å². The zero-order valence-corrected chi connectivity index (χ0v) is 10.2. The Morgan fingerprint density at radius 3 is 2.50 bits per heavy atom. The predicted octanol–water partition coefficient (Wildman–Crippen LogP) is 2.61. The van der Waals surface area contributed by atoms with Gasteiger partial charge in [-0.25, -0.2) is 0 Å². The van der Waals surface area contributed by atoms with Crippen LogP contribution in [0.15, 0.2) is 12.2 Å². The lowest BCUT2D eigenvalue weighted by Crippen LogP contribution is -2.29. The molecule has 2 fully saturated rings. The maximum atomic E-state index is 10.0. The Balaban J connectivity index is 2.04. The molecule has 1 N–H and O–H groups in total. The molecule has 0 aromatic heterocycles. The van der Waals surface area contributed by atoms with Gasteiger partial charge in [0, 0.05) is 11.0 Å². The molecule has 0 bridgehead atoms. The SMILES string of the molecule is C=C1C(C)CC(O)C1C1CSCSC1. The Morgan fingerprint density at radius 1 is 1.36 bits per heavy atom. The fourth-order valence-electron chi connectivity index (χ4n) is 2.57. The van der Waals surface area contributed by atoms with Crippen molar-refractivity contribution in [2.45, 2.75) is 19.4 Å². The highest BCUT2D eigenvalue weighted by molar-refractivity contribution is 8.16. The average molecular weight is 230 g/mol. The molecule has 0 radical (unpaired) electrons. The van der Waals surface area contributed by atoms with E-state index >= 15 is 0 Å². The molecule has 1 aliphatic carbocycles. The molecular weight excluding hydrogens is 212 g/mol. The van der Waals surface area contributed by atoms with Gasteiger partial charge in [-0.3, -0.25) is 0 Å². The lowest BCUT2D eigenvalue weighted by atomic mass is 9.88. The Labute approximate surface area is 94.7 Å². The summed E-state index contributed by atoms with van der Waals surface area (Å²) in [6.07, 6.45) is 0.803. The molecule has 2 aliphatic rings. The second kappa shape index (κ2) is 4.50. The Bertz CT molecular complexity index is 223. The van der Waals surface area contributed by atoms with Gasteiger partial charge in [-0.2, -0.15) is 23.5 Å². The van der Waals surface area contributed by atoms with E-state index in [1.807, 2.05) is 23.5 Å². The van der Waals surface area contributed by atoms with E-state index < -0.39 is 0 Å². The summed E-state index contributed by atoms with van der Waals surface area (Å²) in [6, 6.07) is 0. The van der Waals surface area contributed by atoms with Gasteiger partial charge in [0.1, 0.15) is 0 Å². The van der Waals surface area contributed by atoms with Crippen LogP contribution in [0, 0.1) is 17.8 Å². The maximum Gasteiger partial charge on any atom is 0.0614 e. The van der Waals surface area contributed by atoms with Crippen molar-refractivity contribution in [3.8, 4) is 0 Å². The molecular formula is C11H18OS2. The highest BCUT2D eigenvalue weighted by atomic mass is 32.2. The van der Waals surface area contributed by atoms with Crippen molar-refractivity contribution in [2.24, 2.45) is 17.8 Å². The van der Waals surface area contributed by atoms with Crippen molar-refractivity contribution in [3.05, 3.63) is 12.2 Å². The number of aliphatic hydroxyl groups excluding tert-OH is 1. The van der Waals surface area contributed by atoms with Gasteiger partial charge >= 0.3 is 0 Å². The zero-order chi connectivity index (χ0) is 10.1. The summed E-state index contributed by atoms with van der Waals surface area (Å²) in [7, 11) is 0. The van der Waals surface area contributed by atoms with Crippen LogP contribution in [0.5, 0.6) is 0 Å². The Kier molecular flexibility index (Phi) is 3.50. The number of hydrogen-bond donors (Lipinski definition) is 1. The summed E-state index contributed by atoms with van der Waals surface area (Å²) >= 11 is 4.01. The molecule has 3 heteroatoms. The summed E-state index contributed by atoms with van der Waals surface area (Å²) in [4.78, 5) is 0. The second-order valence-electron chi connectivity index (χ2n) is 4.42. The van der Waals surface area contributed by atoms with Crippen LogP contribution in [0.25, 0.3) is 0 Å². The molecule has 1 aliphatic heterocycles. The van der Waals surface area contributed by atoms with Crippen LogP contribution in [0.2, 0.25) is 0 Å². The average Bonchev–Trinajstić information content (AvgIpc) is 2.43. The third kappa shape index (κ3) is 2.00. The minimum absolute atomic E-state index is 0.123. The van der Waals surface area contributed by atoms with Gasteiger partial charge in [-0.05, 0) is 29.8 Å². The maximum absolute atomic E-state index is 10.0. The highest BCUT2D eigenvalue weighted by Crippen LogP contribution is 2.43. The number of hydrogen-bond acceptors (Lipinski definition) is 3. The minimum Gasteiger partial charge on any atom is -0.392 e. The first-order chi connectivity index (χ1) is 6.70. The number of thioether (sulfide) groups is 2. The standard InChI is InChI=1S/C11H18OS2/c1-7-3-10(12)11(8(7)2)9-4-13-6-14-5-9/h7,9-12H,2-6H2,1H3. The van der Waals surface area contributed by atoms with E-state index in [1.54, 1.807) is 0 Å². The van der Waals surface area contributed by atoms with Crippen molar-refractivity contribution in [1.82, 2.24) is 0 Å². The molecule has 80 valence electrons. The predicted molar refractivity (Wildman–Crippen MR) is 65.7 cm³/mol. The van der Waals surface area contributed by atoms with Crippen LogP contribution in [0.3, 0.4) is 0 Å². The van der Waals surface area contributed by atoms with Crippen LogP contribution in [0.4, 0.5) is 0 Å². The van der Waals surface area contributed by atoms with Crippen molar-refractivity contribution >= 4 is 23.5 Å². The van der Waals surface area contributed by atoms with Crippen LogP contribution in [0.1, 0.15) is 13.3 Å². The summed E-state index contributed by atoms with van der Waals surface area (Å²) in [5.41, 5.74) is 1.30. The van der Waals surface area contributed by atoms with E-state index in [1.165, 1.54) is 22.2 Å². The van der Waals surface area contributed by atoms with Crippen LogP contribution in [-0.2, 0) is 0 Å². The van der Waals surface area contributed by atoms with E-state index in [4.69, 9.17) is 0 Å².